The summed E-state index contributed by atoms with van der Waals surface area (Å²) < 4.78 is 5.51. The van der Waals surface area contributed by atoms with Gasteiger partial charge in [0.1, 0.15) is 6.04 Å². The fourth-order valence-corrected chi connectivity index (χ4v) is 4.28. The number of amides is 1. The molecule has 7 heteroatoms. The zero-order valence-corrected chi connectivity index (χ0v) is 21.8. The van der Waals surface area contributed by atoms with Gasteiger partial charge in [-0.15, -0.1) is 0 Å². The van der Waals surface area contributed by atoms with Crippen LogP contribution in [0, 0.1) is 29.1 Å². The van der Waals surface area contributed by atoms with E-state index >= 15 is 0 Å². The van der Waals surface area contributed by atoms with Gasteiger partial charge in [-0.2, -0.15) is 0 Å². The van der Waals surface area contributed by atoms with Gasteiger partial charge < -0.3 is 20.7 Å². The Hall–Kier alpha value is -3.79. The highest BCUT2D eigenvalue weighted by atomic mass is 16.5. The van der Waals surface area contributed by atoms with Crippen LogP contribution in [0.25, 0.3) is 0 Å². The Bertz CT molecular complexity index is 1100. The molecule has 1 amide bonds. The minimum atomic E-state index is -0.770. The maximum atomic E-state index is 12.9. The van der Waals surface area contributed by atoms with Crippen molar-refractivity contribution in [1.82, 2.24) is 10.2 Å². The first kappa shape index (κ1) is 27.8. The monoisotopic (exact) mass is 502 g/mol. The lowest BCUT2D eigenvalue weighted by Crippen LogP contribution is -2.47. The van der Waals surface area contributed by atoms with Crippen LogP contribution in [0.15, 0.2) is 54.6 Å². The molecule has 0 aliphatic carbocycles. The van der Waals surface area contributed by atoms with Crippen molar-refractivity contribution in [2.75, 3.05) is 19.7 Å². The molecule has 1 fully saturated rings. The second-order valence-electron chi connectivity index (χ2n) is 10.0. The van der Waals surface area contributed by atoms with E-state index in [1.165, 1.54) is 0 Å². The molecule has 1 aliphatic rings. The highest BCUT2D eigenvalue weighted by Crippen LogP contribution is 2.19. The lowest BCUT2D eigenvalue weighted by atomic mass is 9.94. The van der Waals surface area contributed by atoms with E-state index in [4.69, 9.17) is 15.9 Å². The number of hydrogen-bond donors (Lipinski definition) is 3. The second kappa shape index (κ2) is 14.1. The Kier molecular flexibility index (Phi) is 10.6. The van der Waals surface area contributed by atoms with Gasteiger partial charge in [0.05, 0.1) is 6.61 Å². The van der Waals surface area contributed by atoms with Crippen LogP contribution in [0.2, 0.25) is 0 Å². The predicted molar refractivity (Wildman–Crippen MR) is 146 cm³/mol. The molecule has 2 aromatic rings. The molecule has 0 aromatic heterocycles. The molecule has 196 valence electrons. The van der Waals surface area contributed by atoms with Crippen LogP contribution in [-0.2, 0) is 20.7 Å². The zero-order chi connectivity index (χ0) is 26.6. The SMILES string of the molecule is CC(C)CCOC(=O)[C@H](Cc1ccc(C#Cc2ccccc2)cc1)NC(=O)C[C@H]1CCCN(C(=N)N)C1. The average Bonchev–Trinajstić information content (AvgIpc) is 2.88. The number of nitrogens with two attached hydrogens (primary N) is 1. The lowest BCUT2D eigenvalue weighted by molar-refractivity contribution is -0.148. The van der Waals surface area contributed by atoms with Gasteiger partial charge >= 0.3 is 5.97 Å². The number of esters is 1. The first-order valence-electron chi connectivity index (χ1n) is 13.0. The van der Waals surface area contributed by atoms with E-state index in [2.05, 4.69) is 31.0 Å². The van der Waals surface area contributed by atoms with Crippen LogP contribution in [0.3, 0.4) is 0 Å². The number of hydrogen-bond acceptors (Lipinski definition) is 4. The molecule has 0 unspecified atom stereocenters. The number of benzene rings is 2. The lowest BCUT2D eigenvalue weighted by Gasteiger charge is -2.32. The number of carbonyl (C=O) groups is 2. The van der Waals surface area contributed by atoms with Gasteiger partial charge in [0.15, 0.2) is 5.96 Å². The number of nitrogens with zero attached hydrogens (tertiary/aromatic N) is 1. The van der Waals surface area contributed by atoms with Crippen LogP contribution in [0.5, 0.6) is 0 Å². The quantitative estimate of drug-likeness (QED) is 0.210. The fraction of sp³-hybridized carbons (Fsp3) is 0.433. The van der Waals surface area contributed by atoms with Crippen molar-refractivity contribution >= 4 is 17.8 Å². The number of ether oxygens (including phenoxy) is 1. The molecule has 2 aromatic carbocycles. The summed E-state index contributed by atoms with van der Waals surface area (Å²) in [6, 6.07) is 16.7. The van der Waals surface area contributed by atoms with Crippen LogP contribution in [-0.4, -0.2) is 48.5 Å². The summed E-state index contributed by atoms with van der Waals surface area (Å²) in [7, 11) is 0. The van der Waals surface area contributed by atoms with Crippen molar-refractivity contribution < 1.29 is 14.3 Å². The Morgan fingerprint density at radius 1 is 1.11 bits per heavy atom. The summed E-state index contributed by atoms with van der Waals surface area (Å²) in [5, 5.41) is 10.6. The van der Waals surface area contributed by atoms with Crippen molar-refractivity contribution in [3.63, 3.8) is 0 Å². The number of rotatable bonds is 9. The highest BCUT2D eigenvalue weighted by molar-refractivity contribution is 5.85. The van der Waals surface area contributed by atoms with E-state index in [9.17, 15) is 9.59 Å². The van der Waals surface area contributed by atoms with Crippen molar-refractivity contribution in [3.05, 3.63) is 71.3 Å². The molecule has 0 radical (unpaired) electrons. The number of nitrogens with one attached hydrogen (secondary N) is 2. The Morgan fingerprint density at radius 3 is 2.43 bits per heavy atom. The van der Waals surface area contributed by atoms with Crippen LogP contribution >= 0.6 is 0 Å². The number of carbonyl (C=O) groups excluding carboxylic acids is 2. The largest absolute Gasteiger partial charge is 0.464 e. The van der Waals surface area contributed by atoms with Gasteiger partial charge in [-0.05, 0) is 60.9 Å². The minimum Gasteiger partial charge on any atom is -0.464 e. The molecule has 1 saturated heterocycles. The van der Waals surface area contributed by atoms with Gasteiger partial charge in [-0.25, -0.2) is 4.79 Å². The molecular formula is C30H38N4O3. The molecule has 4 N–H and O–H groups in total. The van der Waals surface area contributed by atoms with Crippen LogP contribution in [0.1, 0.15) is 56.2 Å². The molecule has 7 nitrogen and oxygen atoms in total. The van der Waals surface area contributed by atoms with Crippen molar-refractivity contribution in [3.8, 4) is 11.8 Å². The van der Waals surface area contributed by atoms with E-state index in [0.29, 0.717) is 25.5 Å². The smallest absolute Gasteiger partial charge is 0.328 e. The molecule has 0 saturated carbocycles. The van der Waals surface area contributed by atoms with E-state index in [1.54, 1.807) is 4.90 Å². The topological polar surface area (TPSA) is 109 Å². The standard InChI is InChI=1S/C30H38N4O3/c1-22(2)16-18-37-29(36)27(33-28(35)20-26-9-6-17-34(21-26)30(31)32)19-25-14-12-24(13-15-25)11-10-23-7-4-3-5-8-23/h3-5,7-8,12-15,22,26-27H,6,9,16-21H2,1-2H3,(H3,31,32)(H,33,35)/t26-,27+/m1/s1. The minimum absolute atomic E-state index is 0.0358. The fourth-order valence-electron chi connectivity index (χ4n) is 4.28. The molecule has 1 aliphatic heterocycles. The molecular weight excluding hydrogens is 464 g/mol. The number of likely N-dealkylation sites (tertiary alicyclic amines) is 1. The third-order valence-electron chi connectivity index (χ3n) is 6.41. The predicted octanol–water partition coefficient (Wildman–Crippen LogP) is 3.70. The molecule has 37 heavy (non-hydrogen) atoms. The van der Waals surface area contributed by atoms with Crippen LogP contribution < -0.4 is 11.1 Å². The maximum absolute atomic E-state index is 12.9. The van der Waals surface area contributed by atoms with Crippen molar-refractivity contribution in [2.45, 2.75) is 52.0 Å². The molecule has 0 spiro atoms. The van der Waals surface area contributed by atoms with Gasteiger partial charge in [0, 0.05) is 37.1 Å². The van der Waals surface area contributed by atoms with E-state index in [0.717, 1.165) is 42.5 Å². The van der Waals surface area contributed by atoms with E-state index in [-0.39, 0.29) is 24.2 Å². The summed E-state index contributed by atoms with van der Waals surface area (Å²) in [4.78, 5) is 27.6. The van der Waals surface area contributed by atoms with Crippen molar-refractivity contribution in [2.24, 2.45) is 17.6 Å². The molecule has 1 heterocycles. The maximum Gasteiger partial charge on any atom is 0.328 e. The highest BCUT2D eigenvalue weighted by Gasteiger charge is 2.27. The number of piperidine rings is 1. The first-order valence-corrected chi connectivity index (χ1v) is 13.0. The average molecular weight is 503 g/mol. The Labute approximate surface area is 220 Å². The summed E-state index contributed by atoms with van der Waals surface area (Å²) in [6.07, 6.45) is 3.17. The van der Waals surface area contributed by atoms with Gasteiger partial charge in [-0.1, -0.05) is 56.0 Å². The summed E-state index contributed by atoms with van der Waals surface area (Å²) in [5.74, 6) is 6.23. The summed E-state index contributed by atoms with van der Waals surface area (Å²) >= 11 is 0. The van der Waals surface area contributed by atoms with E-state index < -0.39 is 12.0 Å². The second-order valence-corrected chi connectivity index (χ2v) is 10.0. The molecule has 2 atom stereocenters. The molecule has 0 bridgehead atoms. The summed E-state index contributed by atoms with van der Waals surface area (Å²) in [6.45, 7) is 5.79. The summed E-state index contributed by atoms with van der Waals surface area (Å²) in [5.41, 5.74) is 8.37. The Morgan fingerprint density at radius 2 is 1.78 bits per heavy atom. The van der Waals surface area contributed by atoms with Gasteiger partial charge in [0.2, 0.25) is 5.91 Å². The van der Waals surface area contributed by atoms with Gasteiger partial charge in [-0.3, -0.25) is 10.2 Å². The molecule has 3 rings (SSSR count). The van der Waals surface area contributed by atoms with Gasteiger partial charge in [0.25, 0.3) is 0 Å². The third kappa shape index (κ3) is 9.64. The first-order chi connectivity index (χ1) is 17.8. The normalized spacial score (nSPS) is 15.9. The van der Waals surface area contributed by atoms with Crippen molar-refractivity contribution in [1.29, 1.82) is 5.41 Å². The third-order valence-corrected chi connectivity index (χ3v) is 6.41. The number of guanidine groups is 1. The van der Waals surface area contributed by atoms with Crippen LogP contribution in [0.4, 0.5) is 0 Å². The zero-order valence-electron chi connectivity index (χ0n) is 21.8. The van der Waals surface area contributed by atoms with E-state index in [1.807, 2.05) is 54.6 Å². The Balaban J connectivity index is 1.63.